The number of hydrogen-bond donors (Lipinski definition) is 3. The average molecular weight is 439 g/mol. The molecule has 0 unspecified atom stereocenters. The highest BCUT2D eigenvalue weighted by molar-refractivity contribution is 6.32. The third-order valence-electron chi connectivity index (χ3n) is 4.73. The van der Waals surface area contributed by atoms with E-state index in [1.807, 2.05) is 6.08 Å². The molecular weight excluding hydrogens is 418 g/mol. The van der Waals surface area contributed by atoms with Crippen LogP contribution in [0.3, 0.4) is 0 Å². The van der Waals surface area contributed by atoms with Gasteiger partial charge in [-0.2, -0.15) is 0 Å². The Bertz CT molecular complexity index is 948. The van der Waals surface area contributed by atoms with E-state index in [2.05, 4.69) is 15.3 Å². The molecule has 2 aromatic heterocycles. The van der Waals surface area contributed by atoms with E-state index >= 15 is 0 Å². The third-order valence-corrected chi connectivity index (χ3v) is 5.01. The van der Waals surface area contributed by atoms with Crippen molar-refractivity contribution in [3.63, 3.8) is 0 Å². The first-order valence-corrected chi connectivity index (χ1v) is 9.61. The first kappa shape index (κ1) is 22.1. The number of nitrogens with one attached hydrogen (secondary N) is 1. The van der Waals surface area contributed by atoms with E-state index < -0.39 is 24.7 Å². The van der Waals surface area contributed by atoms with Crippen molar-refractivity contribution in [3.05, 3.63) is 58.5 Å². The second kappa shape index (κ2) is 9.03. The van der Waals surface area contributed by atoms with Crippen LogP contribution in [0.15, 0.2) is 36.7 Å². The van der Waals surface area contributed by atoms with Crippen LogP contribution in [-0.4, -0.2) is 50.8 Å². The lowest BCUT2D eigenvalue weighted by Crippen LogP contribution is -2.38. The van der Waals surface area contributed by atoms with Crippen molar-refractivity contribution in [2.24, 2.45) is 0 Å². The number of amides is 2. The van der Waals surface area contributed by atoms with Gasteiger partial charge in [-0.3, -0.25) is 10.3 Å². The zero-order chi connectivity index (χ0) is 21.9. The Morgan fingerprint density at radius 1 is 1.37 bits per heavy atom. The maximum Gasteiger partial charge on any atom is 0.323 e. The topological polar surface area (TPSA) is 98.6 Å². The van der Waals surface area contributed by atoms with Gasteiger partial charge >= 0.3 is 6.03 Å². The Hall–Kier alpha value is -2.62. The summed E-state index contributed by atoms with van der Waals surface area (Å²) in [5, 5.41) is 21.6. The predicted molar refractivity (Wildman–Crippen MR) is 108 cm³/mol. The van der Waals surface area contributed by atoms with Gasteiger partial charge in [0.25, 0.3) is 5.92 Å². The average Bonchev–Trinajstić information content (AvgIpc) is 2.73. The molecule has 1 aliphatic rings. The first-order chi connectivity index (χ1) is 14.2. The molecule has 3 N–H and O–H groups in total. The molecule has 1 atom stereocenters. The number of urea groups is 1. The molecule has 1 aliphatic heterocycles. The van der Waals surface area contributed by atoms with Crippen LogP contribution in [0, 0.1) is 0 Å². The summed E-state index contributed by atoms with van der Waals surface area (Å²) in [6, 6.07) is 3.72. The molecule has 10 heteroatoms. The van der Waals surface area contributed by atoms with Crippen LogP contribution < -0.4 is 5.32 Å². The molecule has 0 radical (unpaired) electrons. The van der Waals surface area contributed by atoms with Gasteiger partial charge < -0.3 is 15.1 Å². The molecule has 0 saturated carbocycles. The number of aliphatic hydroxyl groups is 2. The zero-order valence-corrected chi connectivity index (χ0v) is 16.9. The van der Waals surface area contributed by atoms with Gasteiger partial charge in [-0.25, -0.2) is 18.6 Å². The maximum absolute atomic E-state index is 13.2. The normalized spacial score (nSPS) is 15.5. The number of carbonyl (C=O) groups excluding carboxylic acids is 1. The number of halogens is 3. The molecule has 3 rings (SSSR count). The van der Waals surface area contributed by atoms with Crippen molar-refractivity contribution < 1.29 is 23.8 Å². The number of anilines is 1. The summed E-state index contributed by atoms with van der Waals surface area (Å²) < 4.78 is 26.5. The van der Waals surface area contributed by atoms with Crippen LogP contribution >= 0.6 is 11.6 Å². The molecule has 0 aromatic carbocycles. The van der Waals surface area contributed by atoms with E-state index in [1.54, 1.807) is 11.0 Å². The monoisotopic (exact) mass is 438 g/mol. The second-order valence-electron chi connectivity index (χ2n) is 6.97. The summed E-state index contributed by atoms with van der Waals surface area (Å²) in [6.45, 7) is 1.07. The standard InChI is InChI=1S/C20H21ClF2N4O3/c1-20(22,23)14-2-3-17(24-10-14)26-19(30)27-6-4-12(5-7-27)18-15(21)8-13(9-25-18)16(29)11-28/h2-4,8-10,16,28-29H,5-7,11H2,1H3,(H,24,26,30)/t16-/m0/s1. The molecule has 7 nitrogen and oxygen atoms in total. The van der Waals surface area contributed by atoms with Crippen molar-refractivity contribution in [1.29, 1.82) is 0 Å². The minimum atomic E-state index is -2.99. The molecule has 3 heterocycles. The van der Waals surface area contributed by atoms with Gasteiger partial charge in [0, 0.05) is 43.5 Å². The smallest absolute Gasteiger partial charge is 0.323 e. The van der Waals surface area contributed by atoms with E-state index in [9.17, 15) is 18.7 Å². The van der Waals surface area contributed by atoms with E-state index in [1.165, 1.54) is 18.3 Å². The Labute approximate surface area is 177 Å². The Kier molecular flexibility index (Phi) is 6.64. The minimum absolute atomic E-state index is 0.186. The van der Waals surface area contributed by atoms with Gasteiger partial charge in [-0.05, 0) is 30.2 Å². The van der Waals surface area contributed by atoms with E-state index in [-0.39, 0.29) is 11.4 Å². The van der Waals surface area contributed by atoms with Crippen LogP contribution in [0.4, 0.5) is 19.4 Å². The maximum atomic E-state index is 13.2. The van der Waals surface area contributed by atoms with Crippen molar-refractivity contribution in [2.45, 2.75) is 25.4 Å². The number of nitrogens with zero attached hydrogens (tertiary/aromatic N) is 3. The summed E-state index contributed by atoms with van der Waals surface area (Å²) >= 11 is 6.26. The van der Waals surface area contributed by atoms with Gasteiger partial charge in [0.05, 0.1) is 17.3 Å². The largest absolute Gasteiger partial charge is 0.393 e. The van der Waals surface area contributed by atoms with E-state index in [0.29, 0.717) is 35.8 Å². The van der Waals surface area contributed by atoms with E-state index in [0.717, 1.165) is 18.7 Å². The summed E-state index contributed by atoms with van der Waals surface area (Å²) in [7, 11) is 0. The first-order valence-electron chi connectivity index (χ1n) is 9.23. The molecule has 2 amide bonds. The van der Waals surface area contributed by atoms with Crippen LogP contribution in [0.2, 0.25) is 5.02 Å². The number of carbonyl (C=O) groups is 1. The van der Waals surface area contributed by atoms with Gasteiger partial charge in [0.2, 0.25) is 0 Å². The number of rotatable bonds is 5. The molecule has 0 aliphatic carbocycles. The fourth-order valence-corrected chi connectivity index (χ4v) is 3.26. The predicted octanol–water partition coefficient (Wildman–Crippen LogP) is 3.59. The second-order valence-corrected chi connectivity index (χ2v) is 7.38. The molecule has 30 heavy (non-hydrogen) atoms. The van der Waals surface area contributed by atoms with Crippen LogP contribution in [-0.2, 0) is 5.92 Å². The SMILES string of the molecule is CC(F)(F)c1ccc(NC(=O)N2CC=C(c3ncc([C@@H](O)CO)cc3Cl)CC2)nc1. The van der Waals surface area contributed by atoms with Crippen molar-refractivity contribution in [1.82, 2.24) is 14.9 Å². The highest BCUT2D eigenvalue weighted by atomic mass is 35.5. The van der Waals surface area contributed by atoms with E-state index in [4.69, 9.17) is 16.7 Å². The lowest BCUT2D eigenvalue weighted by atomic mass is 10.0. The number of aromatic nitrogens is 2. The molecule has 0 saturated heterocycles. The fourth-order valence-electron chi connectivity index (χ4n) is 2.96. The van der Waals surface area contributed by atoms with Gasteiger partial charge in [-0.1, -0.05) is 17.7 Å². The zero-order valence-electron chi connectivity index (χ0n) is 16.1. The summed E-state index contributed by atoms with van der Waals surface area (Å²) in [5.74, 6) is -2.81. The van der Waals surface area contributed by atoms with Gasteiger partial charge in [0.1, 0.15) is 11.9 Å². The van der Waals surface area contributed by atoms with Crippen molar-refractivity contribution in [2.75, 3.05) is 25.0 Å². The number of aliphatic hydroxyl groups excluding tert-OH is 2. The quantitative estimate of drug-likeness (QED) is 0.662. The number of alkyl halides is 2. The molecular formula is C20H21ClF2N4O3. The Morgan fingerprint density at radius 3 is 2.67 bits per heavy atom. The third kappa shape index (κ3) is 5.10. The molecule has 0 spiro atoms. The molecule has 0 fully saturated rings. The summed E-state index contributed by atoms with van der Waals surface area (Å²) in [4.78, 5) is 22.1. The van der Waals surface area contributed by atoms with Gasteiger partial charge in [-0.15, -0.1) is 0 Å². The lowest BCUT2D eigenvalue weighted by molar-refractivity contribution is 0.0171. The summed E-state index contributed by atoms with van der Waals surface area (Å²) in [6.07, 6.45) is 3.78. The van der Waals surface area contributed by atoms with Gasteiger partial charge in [0.15, 0.2) is 0 Å². The Morgan fingerprint density at radius 2 is 2.13 bits per heavy atom. The molecule has 0 bridgehead atoms. The van der Waals surface area contributed by atoms with Crippen molar-refractivity contribution >= 4 is 29.0 Å². The minimum Gasteiger partial charge on any atom is -0.393 e. The lowest BCUT2D eigenvalue weighted by Gasteiger charge is -2.26. The highest BCUT2D eigenvalue weighted by Gasteiger charge is 2.25. The highest BCUT2D eigenvalue weighted by Crippen LogP contribution is 2.29. The number of hydrogen-bond acceptors (Lipinski definition) is 5. The van der Waals surface area contributed by atoms with Crippen molar-refractivity contribution in [3.8, 4) is 0 Å². The van der Waals surface area contributed by atoms with Crippen LogP contribution in [0.5, 0.6) is 0 Å². The fraction of sp³-hybridized carbons (Fsp3) is 0.350. The number of pyridine rings is 2. The molecule has 160 valence electrons. The summed E-state index contributed by atoms with van der Waals surface area (Å²) in [5.41, 5.74) is 1.61. The van der Waals surface area contributed by atoms with Crippen LogP contribution in [0.25, 0.3) is 5.57 Å². The Balaban J connectivity index is 1.63. The molecule has 2 aromatic rings. The van der Waals surface area contributed by atoms with Crippen LogP contribution in [0.1, 0.15) is 36.3 Å².